The van der Waals surface area contributed by atoms with Crippen molar-refractivity contribution in [2.24, 2.45) is 0 Å². The number of ether oxygens (including phenoxy) is 1. The van der Waals surface area contributed by atoms with Gasteiger partial charge in [0.05, 0.1) is 18.7 Å². The van der Waals surface area contributed by atoms with Gasteiger partial charge in [0.1, 0.15) is 0 Å². The molecule has 0 heterocycles. The van der Waals surface area contributed by atoms with Crippen molar-refractivity contribution in [3.05, 3.63) is 76.9 Å². The third-order valence-electron chi connectivity index (χ3n) is 3.92. The molecule has 0 aromatic heterocycles. The number of nitrogens with one attached hydrogen (secondary N) is 1. The van der Waals surface area contributed by atoms with Gasteiger partial charge < -0.3 is 10.1 Å². The first-order valence-corrected chi connectivity index (χ1v) is 8.17. The molecule has 26 heavy (non-hydrogen) atoms. The van der Waals surface area contributed by atoms with Gasteiger partial charge >= 0.3 is 5.97 Å². The van der Waals surface area contributed by atoms with Crippen LogP contribution in [-0.4, -0.2) is 25.5 Å². The molecule has 2 rings (SSSR count). The molecule has 0 aliphatic heterocycles. The molecule has 1 amide bonds. The smallest absolute Gasteiger partial charge is 0.330 e. The van der Waals surface area contributed by atoms with E-state index in [9.17, 15) is 9.59 Å². The van der Waals surface area contributed by atoms with Crippen LogP contribution in [0, 0.1) is 11.3 Å². The number of hydrogen-bond acceptors (Lipinski definition) is 4. The van der Waals surface area contributed by atoms with Crippen molar-refractivity contribution in [2.75, 3.05) is 13.7 Å². The highest BCUT2D eigenvalue weighted by molar-refractivity contribution is 5.94. The Hall–Kier alpha value is -3.39. The predicted molar refractivity (Wildman–Crippen MR) is 99.3 cm³/mol. The number of carbonyl (C=O) groups is 2. The number of carbonyl (C=O) groups excluding carboxylic acids is 2. The summed E-state index contributed by atoms with van der Waals surface area (Å²) in [6, 6.07) is 16.4. The lowest BCUT2D eigenvalue weighted by Gasteiger charge is -2.07. The average molecular weight is 348 g/mol. The van der Waals surface area contributed by atoms with Crippen LogP contribution >= 0.6 is 0 Å². The Labute approximate surface area is 152 Å². The van der Waals surface area contributed by atoms with Gasteiger partial charge in [-0.05, 0) is 54.3 Å². The molecule has 0 spiro atoms. The van der Waals surface area contributed by atoms with E-state index in [1.54, 1.807) is 24.3 Å². The van der Waals surface area contributed by atoms with E-state index < -0.39 is 0 Å². The largest absolute Gasteiger partial charge is 0.466 e. The Morgan fingerprint density at radius 1 is 1.08 bits per heavy atom. The van der Waals surface area contributed by atoms with Crippen molar-refractivity contribution in [1.29, 1.82) is 5.26 Å². The Morgan fingerprint density at radius 3 is 2.27 bits per heavy atom. The number of methoxy groups -OCH3 is 1. The van der Waals surface area contributed by atoms with Gasteiger partial charge in [0.25, 0.3) is 5.91 Å². The molecule has 1 N–H and O–H groups in total. The lowest BCUT2D eigenvalue weighted by molar-refractivity contribution is -0.134. The Morgan fingerprint density at radius 2 is 1.69 bits per heavy atom. The first kappa shape index (κ1) is 18.9. The fourth-order valence-electron chi connectivity index (χ4n) is 2.37. The highest BCUT2D eigenvalue weighted by Crippen LogP contribution is 2.15. The minimum absolute atomic E-state index is 0.164. The van der Waals surface area contributed by atoms with Gasteiger partial charge in [0.15, 0.2) is 0 Å². The van der Waals surface area contributed by atoms with Crippen molar-refractivity contribution >= 4 is 17.4 Å². The molecule has 5 heteroatoms. The molecular weight excluding hydrogens is 328 g/mol. The number of amides is 1. The van der Waals surface area contributed by atoms with Crippen LogP contribution in [0.1, 0.15) is 34.0 Å². The third-order valence-corrected chi connectivity index (χ3v) is 3.92. The first-order chi connectivity index (χ1) is 12.5. The van der Waals surface area contributed by atoms with Crippen LogP contribution in [0.5, 0.6) is 0 Å². The fraction of sp³-hybridized carbons (Fsp3) is 0.190. The number of esters is 1. The summed E-state index contributed by atoms with van der Waals surface area (Å²) in [5.74, 6) is -0.542. The van der Waals surface area contributed by atoms with E-state index in [-0.39, 0.29) is 11.9 Å². The van der Waals surface area contributed by atoms with Gasteiger partial charge in [-0.25, -0.2) is 4.79 Å². The van der Waals surface area contributed by atoms with E-state index in [4.69, 9.17) is 5.26 Å². The van der Waals surface area contributed by atoms with E-state index in [2.05, 4.69) is 10.1 Å². The first-order valence-electron chi connectivity index (χ1n) is 8.17. The molecule has 0 aliphatic rings. The van der Waals surface area contributed by atoms with Crippen LogP contribution in [-0.2, 0) is 16.0 Å². The van der Waals surface area contributed by atoms with Crippen molar-refractivity contribution in [3.63, 3.8) is 0 Å². The monoisotopic (exact) mass is 348 g/mol. The van der Waals surface area contributed by atoms with Crippen LogP contribution in [0.25, 0.3) is 5.57 Å². The zero-order valence-electron chi connectivity index (χ0n) is 14.8. The van der Waals surface area contributed by atoms with Crippen molar-refractivity contribution in [2.45, 2.75) is 13.3 Å². The molecule has 132 valence electrons. The van der Waals surface area contributed by atoms with Crippen LogP contribution in [0.4, 0.5) is 0 Å². The number of allylic oxidation sites excluding steroid dienone is 1. The van der Waals surface area contributed by atoms with Crippen molar-refractivity contribution < 1.29 is 14.3 Å². The zero-order valence-corrected chi connectivity index (χ0v) is 14.8. The Kier molecular flexibility index (Phi) is 6.69. The van der Waals surface area contributed by atoms with Gasteiger partial charge in [0, 0.05) is 18.2 Å². The molecular formula is C21H20N2O3. The standard InChI is InChI=1S/C21H20N2O3/c1-15(13-20(24)26-2)18-7-3-16(4-8-18)11-12-23-21(25)19-9-5-17(14-22)6-10-19/h3-10,13H,11-12H2,1-2H3,(H,23,25). The molecule has 0 radical (unpaired) electrons. The maximum absolute atomic E-state index is 12.1. The number of nitriles is 1. The van der Waals surface area contributed by atoms with Gasteiger partial charge in [-0.1, -0.05) is 24.3 Å². The number of nitrogens with zero attached hydrogens (tertiary/aromatic N) is 1. The minimum atomic E-state index is -0.378. The van der Waals surface area contributed by atoms with Crippen LogP contribution in [0.15, 0.2) is 54.6 Å². The molecule has 2 aromatic carbocycles. The van der Waals surface area contributed by atoms with Crippen molar-refractivity contribution in [1.82, 2.24) is 5.32 Å². The molecule has 0 saturated heterocycles. The Balaban J connectivity index is 1.87. The maximum atomic E-state index is 12.1. The second-order valence-electron chi connectivity index (χ2n) is 5.74. The minimum Gasteiger partial charge on any atom is -0.466 e. The molecule has 0 bridgehead atoms. The quantitative estimate of drug-likeness (QED) is 0.643. The topological polar surface area (TPSA) is 79.2 Å². The van der Waals surface area contributed by atoms with Gasteiger partial charge in [-0.3, -0.25) is 4.79 Å². The normalized spacial score (nSPS) is 10.7. The second-order valence-corrected chi connectivity index (χ2v) is 5.74. The number of rotatable bonds is 6. The summed E-state index contributed by atoms with van der Waals surface area (Å²) in [4.78, 5) is 23.3. The second kappa shape index (κ2) is 9.19. The highest BCUT2D eigenvalue weighted by atomic mass is 16.5. The van der Waals surface area contributed by atoms with E-state index in [0.717, 1.165) is 16.7 Å². The summed E-state index contributed by atoms with van der Waals surface area (Å²) in [5.41, 5.74) is 3.92. The summed E-state index contributed by atoms with van der Waals surface area (Å²) in [6.07, 6.45) is 2.15. The predicted octanol–water partition coefficient (Wildman–Crippen LogP) is 3.11. The van der Waals surface area contributed by atoms with E-state index in [1.807, 2.05) is 37.3 Å². The molecule has 0 aliphatic carbocycles. The molecule has 0 fully saturated rings. The summed E-state index contributed by atoms with van der Waals surface area (Å²) < 4.78 is 4.62. The highest BCUT2D eigenvalue weighted by Gasteiger charge is 2.05. The maximum Gasteiger partial charge on any atom is 0.330 e. The molecule has 2 aromatic rings. The van der Waals surface area contributed by atoms with E-state index in [1.165, 1.54) is 13.2 Å². The fourth-order valence-corrected chi connectivity index (χ4v) is 2.37. The lowest BCUT2D eigenvalue weighted by Crippen LogP contribution is -2.25. The summed E-state index contributed by atoms with van der Waals surface area (Å²) >= 11 is 0. The van der Waals surface area contributed by atoms with Crippen LogP contribution in [0.2, 0.25) is 0 Å². The zero-order chi connectivity index (χ0) is 18.9. The SMILES string of the molecule is COC(=O)C=C(C)c1ccc(CCNC(=O)c2ccc(C#N)cc2)cc1. The van der Waals surface area contributed by atoms with Gasteiger partial charge in [-0.15, -0.1) is 0 Å². The van der Waals surface area contributed by atoms with E-state index in [0.29, 0.717) is 24.1 Å². The van der Waals surface area contributed by atoms with Crippen LogP contribution in [0.3, 0.4) is 0 Å². The summed E-state index contributed by atoms with van der Waals surface area (Å²) in [6.45, 7) is 2.36. The molecule has 0 unspecified atom stereocenters. The third kappa shape index (κ3) is 5.32. The van der Waals surface area contributed by atoms with E-state index >= 15 is 0 Å². The molecule has 0 atom stereocenters. The van der Waals surface area contributed by atoms with Crippen molar-refractivity contribution in [3.8, 4) is 6.07 Å². The summed E-state index contributed by atoms with van der Waals surface area (Å²) in [7, 11) is 1.35. The van der Waals surface area contributed by atoms with Gasteiger partial charge in [0.2, 0.25) is 0 Å². The Bertz CT molecular complexity index is 844. The number of benzene rings is 2. The lowest BCUT2D eigenvalue weighted by atomic mass is 10.0. The molecule has 5 nitrogen and oxygen atoms in total. The van der Waals surface area contributed by atoms with Crippen LogP contribution < -0.4 is 5.32 Å². The summed E-state index contributed by atoms with van der Waals surface area (Å²) in [5, 5.41) is 11.6. The average Bonchev–Trinajstić information content (AvgIpc) is 2.68. The number of hydrogen-bond donors (Lipinski definition) is 1. The molecule has 0 saturated carbocycles. The van der Waals surface area contributed by atoms with Gasteiger partial charge in [-0.2, -0.15) is 5.26 Å².